The van der Waals surface area contributed by atoms with Crippen LogP contribution in [0.5, 0.6) is 0 Å². The minimum absolute atomic E-state index is 0.120. The Bertz CT molecular complexity index is 1620. The van der Waals surface area contributed by atoms with Gasteiger partial charge in [-0.3, -0.25) is 0 Å². The predicted molar refractivity (Wildman–Crippen MR) is 172 cm³/mol. The first-order valence-electron chi connectivity index (χ1n) is 14.2. The van der Waals surface area contributed by atoms with Crippen LogP contribution in [0.3, 0.4) is 0 Å². The number of halogens is 2. The number of fused-ring (bicyclic) bond motifs is 4. The average molecular weight is 647 g/mol. The average Bonchev–Trinajstić information content (AvgIpc) is 3.46. The maximum absolute atomic E-state index is 7.88. The molecule has 1 heterocycles. The van der Waals surface area contributed by atoms with Crippen LogP contribution in [0.15, 0.2) is 84.4 Å². The van der Waals surface area contributed by atoms with Gasteiger partial charge in [-0.2, -0.15) is 0 Å². The van der Waals surface area contributed by atoms with Crippen molar-refractivity contribution in [3.8, 4) is 22.3 Å². The van der Waals surface area contributed by atoms with Crippen molar-refractivity contribution >= 4 is 46.3 Å². The Labute approximate surface area is 247 Å². The van der Waals surface area contributed by atoms with E-state index >= 15 is 0 Å². The molecule has 6 rings (SSSR count). The summed E-state index contributed by atoms with van der Waals surface area (Å²) in [6.45, 7) is 11.4. The Kier molecular flexibility index (Phi) is 7.47. The molecule has 1 atom stereocenters. The summed E-state index contributed by atoms with van der Waals surface area (Å²) >= 11 is -3.98. The van der Waals surface area contributed by atoms with Crippen molar-refractivity contribution in [2.24, 2.45) is 5.92 Å². The first kappa shape index (κ1) is 27.5. The zero-order valence-electron chi connectivity index (χ0n) is 23.5. The van der Waals surface area contributed by atoms with Gasteiger partial charge in [0, 0.05) is 0 Å². The number of hydrogen-bond donors (Lipinski definition) is 0. The Hall–Kier alpha value is -1.70. The van der Waals surface area contributed by atoms with E-state index in [9.17, 15) is 0 Å². The molecule has 4 aromatic rings. The van der Waals surface area contributed by atoms with E-state index in [1.54, 1.807) is 0 Å². The third kappa shape index (κ3) is 4.70. The summed E-state index contributed by atoms with van der Waals surface area (Å²) in [6.07, 6.45) is 3.50. The molecule has 0 N–H and O–H groups in total. The van der Waals surface area contributed by atoms with Gasteiger partial charge in [-0.25, -0.2) is 0 Å². The van der Waals surface area contributed by atoms with Gasteiger partial charge in [0.05, 0.1) is 0 Å². The molecule has 1 aliphatic carbocycles. The number of benzene rings is 4. The zero-order valence-corrected chi connectivity index (χ0v) is 28.9. The molecule has 1 unspecified atom stereocenters. The zero-order chi connectivity index (χ0) is 27.5. The van der Waals surface area contributed by atoms with Crippen LogP contribution in [-0.4, -0.2) is 9.52 Å². The third-order valence-corrected chi connectivity index (χ3v) is 22.9. The molecule has 0 bridgehead atoms. The summed E-state index contributed by atoms with van der Waals surface area (Å²) in [5.74, 6) is 0.988. The fraction of sp³-hybridized carbons (Fsp3) is 0.257. The maximum atomic E-state index is 7.88. The molecule has 0 amide bonds. The van der Waals surface area contributed by atoms with E-state index in [0.29, 0.717) is 11.8 Å². The van der Waals surface area contributed by atoms with Crippen LogP contribution < -0.4 is 13.6 Å². The number of allylic oxidation sites excluding steroid dienone is 1. The van der Waals surface area contributed by atoms with Crippen LogP contribution in [0.2, 0.25) is 0 Å². The summed E-state index contributed by atoms with van der Waals surface area (Å²) in [5, 5.41) is 3.01. The second-order valence-electron chi connectivity index (χ2n) is 12.0. The van der Waals surface area contributed by atoms with E-state index in [1.807, 2.05) is 0 Å². The van der Waals surface area contributed by atoms with E-state index < -0.39 is 27.4 Å². The van der Waals surface area contributed by atoms with Crippen LogP contribution >= 0.6 is 17.0 Å². The van der Waals surface area contributed by atoms with Crippen LogP contribution in [0.1, 0.15) is 65.9 Å². The van der Waals surface area contributed by atoms with E-state index in [4.69, 9.17) is 17.0 Å². The van der Waals surface area contributed by atoms with Gasteiger partial charge in [-0.1, -0.05) is 0 Å². The van der Waals surface area contributed by atoms with Gasteiger partial charge in [0.15, 0.2) is 0 Å². The summed E-state index contributed by atoms with van der Waals surface area (Å²) in [4.78, 5) is 0. The molecule has 0 nitrogen and oxygen atoms in total. The third-order valence-electron chi connectivity index (χ3n) is 8.57. The summed E-state index contributed by atoms with van der Waals surface area (Å²) in [5.41, 5.74) is 12.3. The molecule has 4 heteroatoms. The molecule has 0 aromatic heterocycles. The predicted octanol–water partition coefficient (Wildman–Crippen LogP) is 8.16. The van der Waals surface area contributed by atoms with Crippen molar-refractivity contribution < 1.29 is 17.9 Å². The number of hydrogen-bond acceptors (Lipinski definition) is 0. The fourth-order valence-electron chi connectivity index (χ4n) is 6.91. The van der Waals surface area contributed by atoms with Crippen LogP contribution in [0.4, 0.5) is 0 Å². The first-order valence-corrected chi connectivity index (χ1v) is 24.6. The normalized spacial score (nSPS) is 16.5. The Morgan fingerprint density at radius 1 is 0.795 bits per heavy atom. The van der Waals surface area contributed by atoms with Crippen molar-refractivity contribution in [3.63, 3.8) is 0 Å². The summed E-state index contributed by atoms with van der Waals surface area (Å²) in [6, 6.07) is 29.2. The van der Waals surface area contributed by atoms with Gasteiger partial charge in [0.2, 0.25) is 0 Å². The Morgan fingerprint density at radius 2 is 1.49 bits per heavy atom. The van der Waals surface area contributed by atoms with E-state index in [1.165, 1.54) is 63.7 Å². The Balaban J connectivity index is 1.55. The summed E-state index contributed by atoms with van der Waals surface area (Å²) in [7, 11) is 15.1. The molecule has 0 saturated heterocycles. The molecule has 0 spiro atoms. The van der Waals surface area contributed by atoms with Gasteiger partial charge >= 0.3 is 250 Å². The van der Waals surface area contributed by atoms with Crippen LogP contribution in [-0.2, 0) is 17.9 Å². The molecule has 0 saturated carbocycles. The van der Waals surface area contributed by atoms with Crippen molar-refractivity contribution in [1.29, 1.82) is 0 Å². The second-order valence-corrected chi connectivity index (χ2v) is 27.9. The molecule has 2 aliphatic rings. The van der Waals surface area contributed by atoms with Gasteiger partial charge < -0.3 is 0 Å². The van der Waals surface area contributed by atoms with Gasteiger partial charge in [0.1, 0.15) is 0 Å². The van der Waals surface area contributed by atoms with Crippen molar-refractivity contribution in [1.82, 2.24) is 0 Å². The molecular weight excluding hydrogens is 611 g/mol. The SMILES string of the molecule is Cc1ccc2c(c1-c1ccccc1C(C)C)C=C(CC(C)C)[CH]2[Zr]([Cl])([Cl])[c]1cccc2c1[SiH2]c1ccccc1-2. The molecular formula is C35H36Cl2SiZr. The van der Waals surface area contributed by atoms with E-state index in [0.717, 1.165) is 6.42 Å². The van der Waals surface area contributed by atoms with Crippen molar-refractivity contribution in [3.05, 3.63) is 107 Å². The minimum atomic E-state index is -3.98. The molecule has 4 aromatic carbocycles. The molecule has 1 aliphatic heterocycles. The van der Waals surface area contributed by atoms with Gasteiger partial charge in [-0.15, -0.1) is 0 Å². The van der Waals surface area contributed by atoms with Crippen molar-refractivity contribution in [2.75, 3.05) is 0 Å². The molecule has 39 heavy (non-hydrogen) atoms. The quantitative estimate of drug-likeness (QED) is 0.163. The monoisotopic (exact) mass is 644 g/mol. The summed E-state index contributed by atoms with van der Waals surface area (Å²) < 4.78 is 1.43. The number of rotatable bonds is 6. The molecule has 0 fully saturated rings. The van der Waals surface area contributed by atoms with Crippen LogP contribution in [0, 0.1) is 12.8 Å². The van der Waals surface area contributed by atoms with E-state index in [-0.39, 0.29) is 3.63 Å². The molecule has 198 valence electrons. The molecule has 0 radical (unpaired) electrons. The van der Waals surface area contributed by atoms with Crippen molar-refractivity contribution in [2.45, 2.75) is 50.6 Å². The topological polar surface area (TPSA) is 0 Å². The standard InChI is InChI=1S/C23H27.C12H9Si.2ClH.Zr/c1-15(2)12-18-13-19-11-10-17(5)23(22(19)14-18)21-9-7-6-8-20(21)16(3)4;1-3-7-11-9(5-1)10-6-2-4-8-12(10)13-11;;;/h6-11,13-16H,12H2,1-5H3;1-7H,13H2;2*1H;/q;;;;+2/p-2. The van der Waals surface area contributed by atoms with E-state index in [2.05, 4.69) is 120 Å². The van der Waals surface area contributed by atoms with Gasteiger partial charge in [-0.05, 0) is 0 Å². The first-order chi connectivity index (χ1) is 18.7. The van der Waals surface area contributed by atoms with Crippen LogP contribution in [0.25, 0.3) is 28.3 Å². The number of aryl methyl sites for hydroxylation is 1. The van der Waals surface area contributed by atoms with Gasteiger partial charge in [0.25, 0.3) is 0 Å². The fourth-order valence-corrected chi connectivity index (χ4v) is 23.7. The Morgan fingerprint density at radius 3 is 2.23 bits per heavy atom. The second kappa shape index (κ2) is 10.6.